The Balaban J connectivity index is 1.58. The molecule has 3 aromatic carbocycles. The zero-order valence-electron chi connectivity index (χ0n) is 19.0. The van der Waals surface area contributed by atoms with Gasteiger partial charge in [-0.1, -0.05) is 12.1 Å². The van der Waals surface area contributed by atoms with E-state index >= 15 is 0 Å². The van der Waals surface area contributed by atoms with Gasteiger partial charge in [-0.15, -0.1) is 13.2 Å². The molecular weight excluding hydrogens is 477 g/mol. The van der Waals surface area contributed by atoms with E-state index in [2.05, 4.69) is 20.0 Å². The number of ether oxygens (including phenoxy) is 2. The van der Waals surface area contributed by atoms with E-state index in [0.29, 0.717) is 27.9 Å². The van der Waals surface area contributed by atoms with Gasteiger partial charge in [0.05, 0.1) is 24.6 Å². The summed E-state index contributed by atoms with van der Waals surface area (Å²) < 4.78 is 47.7. The number of aromatic hydroxyl groups is 1. The molecule has 4 aromatic rings. The highest BCUT2D eigenvalue weighted by atomic mass is 19.4. The van der Waals surface area contributed by atoms with Crippen LogP contribution in [0.3, 0.4) is 0 Å². The molecule has 0 saturated heterocycles. The quantitative estimate of drug-likeness (QED) is 0.337. The van der Waals surface area contributed by atoms with Crippen molar-refractivity contribution >= 4 is 28.8 Å². The zero-order valence-corrected chi connectivity index (χ0v) is 19.0. The molecule has 1 heterocycles. The van der Waals surface area contributed by atoms with Gasteiger partial charge in [-0.2, -0.15) is 0 Å². The molecule has 1 aromatic heterocycles. The van der Waals surface area contributed by atoms with Crippen LogP contribution in [0.2, 0.25) is 0 Å². The van der Waals surface area contributed by atoms with Gasteiger partial charge in [-0.3, -0.25) is 14.4 Å². The van der Waals surface area contributed by atoms with Crippen LogP contribution in [-0.2, 0) is 6.54 Å². The molecule has 4 rings (SSSR count). The van der Waals surface area contributed by atoms with Gasteiger partial charge < -0.3 is 19.9 Å². The summed E-state index contributed by atoms with van der Waals surface area (Å²) in [4.78, 5) is 22.1. The standard InChI is InChI=1S/C25H21F3N4O4/c1-35-22-14-16(6-11-21(22)33)15-29-12-13-32-23(34)19-4-2-3-5-20(19)31-24(32)30-17-7-9-18(10-8-17)36-25(26,27)28/h2-11,14-15,33H,12-13H2,1H3,(H,30,31). The number of alkyl halides is 3. The minimum atomic E-state index is -4.79. The number of benzene rings is 3. The SMILES string of the molecule is COc1cc(C=NCCn2c(Nc3ccc(OC(F)(F)F)cc3)nc3ccccc3c2=O)ccc1O. The molecule has 0 aliphatic heterocycles. The fourth-order valence-electron chi connectivity index (χ4n) is 3.44. The molecular formula is C25H21F3N4O4. The van der Waals surface area contributed by atoms with Crippen molar-refractivity contribution in [2.75, 3.05) is 19.0 Å². The van der Waals surface area contributed by atoms with E-state index in [0.717, 1.165) is 12.1 Å². The third-order valence-electron chi connectivity index (χ3n) is 5.10. The lowest BCUT2D eigenvalue weighted by Crippen LogP contribution is -2.25. The van der Waals surface area contributed by atoms with Crippen LogP contribution in [-0.4, -0.2) is 40.9 Å². The Morgan fingerprint density at radius 3 is 2.58 bits per heavy atom. The maximum Gasteiger partial charge on any atom is 0.573 e. The van der Waals surface area contributed by atoms with Crippen LogP contribution < -0.4 is 20.3 Å². The molecule has 0 saturated carbocycles. The van der Waals surface area contributed by atoms with Crippen molar-refractivity contribution in [1.29, 1.82) is 0 Å². The molecule has 8 nitrogen and oxygen atoms in total. The average Bonchev–Trinajstić information content (AvgIpc) is 2.84. The third kappa shape index (κ3) is 5.93. The summed E-state index contributed by atoms with van der Waals surface area (Å²) in [5, 5.41) is 13.1. The number of hydrogen-bond acceptors (Lipinski definition) is 7. The van der Waals surface area contributed by atoms with Crippen molar-refractivity contribution in [1.82, 2.24) is 9.55 Å². The molecule has 0 aliphatic rings. The van der Waals surface area contributed by atoms with Crippen LogP contribution in [0.15, 0.2) is 76.5 Å². The summed E-state index contributed by atoms with van der Waals surface area (Å²) in [6.07, 6.45) is -3.20. The first kappa shape index (κ1) is 24.6. The number of nitrogens with one attached hydrogen (secondary N) is 1. The van der Waals surface area contributed by atoms with Crippen LogP contribution in [0.25, 0.3) is 10.9 Å². The summed E-state index contributed by atoms with van der Waals surface area (Å²) in [5.41, 5.74) is 1.30. The van der Waals surface area contributed by atoms with E-state index < -0.39 is 6.36 Å². The van der Waals surface area contributed by atoms with Crippen LogP contribution in [0.5, 0.6) is 17.2 Å². The number of rotatable bonds is 8. The van der Waals surface area contributed by atoms with Gasteiger partial charge in [-0.25, -0.2) is 4.98 Å². The number of phenols is 1. The summed E-state index contributed by atoms with van der Waals surface area (Å²) in [6.45, 7) is 0.413. The van der Waals surface area contributed by atoms with E-state index in [4.69, 9.17) is 4.74 Å². The predicted octanol–water partition coefficient (Wildman–Crippen LogP) is 4.87. The maximum atomic E-state index is 13.2. The molecule has 11 heteroatoms. The predicted molar refractivity (Wildman–Crippen MR) is 130 cm³/mol. The number of phenolic OH excluding ortho intramolecular Hbond substituents is 1. The number of aromatic nitrogens is 2. The van der Waals surface area contributed by atoms with Gasteiger partial charge in [-0.05, 0) is 60.2 Å². The van der Waals surface area contributed by atoms with Gasteiger partial charge in [0.2, 0.25) is 5.95 Å². The molecule has 2 N–H and O–H groups in total. The highest BCUT2D eigenvalue weighted by Gasteiger charge is 2.31. The number of anilines is 2. The monoisotopic (exact) mass is 498 g/mol. The molecule has 0 aliphatic carbocycles. The van der Waals surface area contributed by atoms with E-state index in [1.54, 1.807) is 42.6 Å². The van der Waals surface area contributed by atoms with Crippen molar-refractivity contribution in [2.45, 2.75) is 12.9 Å². The van der Waals surface area contributed by atoms with E-state index in [9.17, 15) is 23.1 Å². The van der Waals surface area contributed by atoms with Crippen molar-refractivity contribution in [2.24, 2.45) is 4.99 Å². The van der Waals surface area contributed by atoms with Gasteiger partial charge in [0.1, 0.15) is 5.75 Å². The molecule has 0 unspecified atom stereocenters. The average molecular weight is 498 g/mol. The second kappa shape index (κ2) is 10.4. The second-order valence-corrected chi connectivity index (χ2v) is 7.57. The fraction of sp³-hybridized carbons (Fsp3) is 0.160. The number of methoxy groups -OCH3 is 1. The van der Waals surface area contributed by atoms with Crippen LogP contribution >= 0.6 is 0 Å². The van der Waals surface area contributed by atoms with Crippen molar-refractivity contribution in [3.63, 3.8) is 0 Å². The van der Waals surface area contributed by atoms with Crippen molar-refractivity contribution in [3.05, 3.63) is 82.6 Å². The molecule has 0 atom stereocenters. The summed E-state index contributed by atoms with van der Waals surface area (Å²) in [7, 11) is 1.44. The Labute approximate surface area is 203 Å². The Morgan fingerprint density at radius 1 is 1.11 bits per heavy atom. The number of fused-ring (bicyclic) bond motifs is 1. The normalized spacial score (nSPS) is 11.7. The lowest BCUT2D eigenvalue weighted by atomic mass is 10.2. The number of halogens is 3. The maximum absolute atomic E-state index is 13.2. The van der Waals surface area contributed by atoms with E-state index in [1.807, 2.05) is 0 Å². The van der Waals surface area contributed by atoms with Crippen molar-refractivity contribution < 1.29 is 27.8 Å². The zero-order chi connectivity index (χ0) is 25.7. The number of aliphatic imine (C=N–C) groups is 1. The molecule has 0 bridgehead atoms. The number of nitrogens with zero attached hydrogens (tertiary/aromatic N) is 3. The van der Waals surface area contributed by atoms with Gasteiger partial charge in [0.25, 0.3) is 5.56 Å². The first-order chi connectivity index (χ1) is 17.2. The van der Waals surface area contributed by atoms with Crippen LogP contribution in [0.4, 0.5) is 24.8 Å². The number of para-hydroxylation sites is 1. The highest BCUT2D eigenvalue weighted by Crippen LogP contribution is 2.26. The van der Waals surface area contributed by atoms with E-state index in [1.165, 1.54) is 29.9 Å². The molecule has 0 spiro atoms. The largest absolute Gasteiger partial charge is 0.573 e. The summed E-state index contributed by atoms with van der Waals surface area (Å²) in [5.74, 6) is 0.172. The lowest BCUT2D eigenvalue weighted by molar-refractivity contribution is -0.274. The highest BCUT2D eigenvalue weighted by molar-refractivity contribution is 5.81. The lowest BCUT2D eigenvalue weighted by Gasteiger charge is -2.15. The minimum absolute atomic E-state index is 0.0113. The van der Waals surface area contributed by atoms with Crippen molar-refractivity contribution in [3.8, 4) is 17.2 Å². The first-order valence-corrected chi connectivity index (χ1v) is 10.7. The fourth-order valence-corrected chi connectivity index (χ4v) is 3.44. The Bertz CT molecular complexity index is 1450. The topological polar surface area (TPSA) is 98.0 Å². The van der Waals surface area contributed by atoms with E-state index in [-0.39, 0.29) is 36.1 Å². The summed E-state index contributed by atoms with van der Waals surface area (Å²) in [6, 6.07) is 16.7. The van der Waals surface area contributed by atoms with Gasteiger partial charge in [0, 0.05) is 18.4 Å². The molecule has 0 fully saturated rings. The Morgan fingerprint density at radius 2 is 1.86 bits per heavy atom. The first-order valence-electron chi connectivity index (χ1n) is 10.7. The Hall–Kier alpha value is -4.54. The van der Waals surface area contributed by atoms with Gasteiger partial charge >= 0.3 is 6.36 Å². The minimum Gasteiger partial charge on any atom is -0.504 e. The molecule has 0 radical (unpaired) electrons. The van der Waals surface area contributed by atoms with Crippen LogP contribution in [0.1, 0.15) is 5.56 Å². The smallest absolute Gasteiger partial charge is 0.504 e. The molecule has 186 valence electrons. The Kier molecular flexibility index (Phi) is 7.09. The molecule has 36 heavy (non-hydrogen) atoms. The molecule has 0 amide bonds. The van der Waals surface area contributed by atoms with Gasteiger partial charge in [0.15, 0.2) is 11.5 Å². The number of hydrogen-bond donors (Lipinski definition) is 2. The third-order valence-corrected chi connectivity index (χ3v) is 5.10. The second-order valence-electron chi connectivity index (χ2n) is 7.57. The summed E-state index contributed by atoms with van der Waals surface area (Å²) >= 11 is 0. The van der Waals surface area contributed by atoms with Crippen LogP contribution in [0, 0.1) is 0 Å².